The first-order chi connectivity index (χ1) is 37.6. The molecule has 0 atom stereocenters. The maximum absolute atomic E-state index is 6.48. The Labute approximate surface area is 435 Å². The van der Waals surface area contributed by atoms with Gasteiger partial charge in [-0.1, -0.05) is 152 Å². The van der Waals surface area contributed by atoms with Crippen LogP contribution in [0.5, 0.6) is 0 Å². The molecule has 16 rings (SSSR count). The molecule has 354 valence electrons. The summed E-state index contributed by atoms with van der Waals surface area (Å²) in [4.78, 5) is 11.2. The molecule has 16 aromatic rings. The van der Waals surface area contributed by atoms with Crippen molar-refractivity contribution in [2.24, 2.45) is 0 Å². The lowest BCUT2D eigenvalue weighted by molar-refractivity contribution is 0.668. The van der Waals surface area contributed by atoms with Gasteiger partial charge in [-0.25, -0.2) is 9.97 Å². The lowest BCUT2D eigenvalue weighted by Crippen LogP contribution is -2.02. The third-order valence-corrected chi connectivity index (χ3v) is 15.3. The number of nitrogens with zero attached hydrogens (tertiary/aromatic N) is 4. The van der Waals surface area contributed by atoms with Crippen LogP contribution in [-0.2, 0) is 0 Å². The molecule has 0 saturated carbocycles. The lowest BCUT2D eigenvalue weighted by Gasteiger charge is -2.17. The number of benzene rings is 11. The maximum atomic E-state index is 6.48. The molecule has 5 heterocycles. The highest BCUT2D eigenvalue weighted by Crippen LogP contribution is 2.42. The zero-order valence-electron chi connectivity index (χ0n) is 40.9. The Bertz CT molecular complexity index is 4640. The van der Waals surface area contributed by atoms with Crippen molar-refractivity contribution in [3.63, 3.8) is 0 Å². The molecule has 11 aromatic carbocycles. The second-order valence-corrected chi connectivity index (χ2v) is 19.7. The number of hydrogen-bond donors (Lipinski definition) is 0. The van der Waals surface area contributed by atoms with Gasteiger partial charge in [0.05, 0.1) is 33.5 Å². The van der Waals surface area contributed by atoms with E-state index in [-0.39, 0.29) is 0 Å². The predicted molar refractivity (Wildman–Crippen MR) is 312 cm³/mol. The standard InChI is InChI=1S/C70H42N4O2/c1-2-16-43(17-3-1)60-42-61(48-35-46(44-30-32-58-56-22-8-14-28-66(56)75-68(58)39-44)34-47(36-48)45-31-33-59-57-23-9-15-29-67(57)76-69(59)40-45)72-70(71-60)49-37-50(73-62-24-10-4-18-52(62)53-19-5-11-25-63(53)73)41-51(38-49)74-64-26-12-6-20-54(64)55-21-7-13-27-65(55)74/h1-42H. The van der Waals surface area contributed by atoms with E-state index >= 15 is 0 Å². The van der Waals surface area contributed by atoms with Crippen LogP contribution in [0.25, 0.3) is 155 Å². The van der Waals surface area contributed by atoms with Crippen LogP contribution in [0.15, 0.2) is 264 Å². The van der Waals surface area contributed by atoms with Gasteiger partial charge in [-0.3, -0.25) is 0 Å². The SMILES string of the molecule is c1ccc(-c2cc(-c3cc(-c4ccc5c(c4)oc4ccccc45)cc(-c4ccc5c(c4)oc4ccccc45)c3)nc(-c3cc(-n4c5ccccc5c5ccccc54)cc(-n4c5ccccc5c5ccccc54)c3)n2)cc1. The summed E-state index contributed by atoms with van der Waals surface area (Å²) in [5.74, 6) is 0.611. The summed E-state index contributed by atoms with van der Waals surface area (Å²) >= 11 is 0. The molecular formula is C70H42N4O2. The Morgan fingerprint density at radius 1 is 0.237 bits per heavy atom. The summed E-state index contributed by atoms with van der Waals surface area (Å²) in [7, 11) is 0. The van der Waals surface area contributed by atoms with E-state index in [1.165, 1.54) is 21.5 Å². The Morgan fingerprint density at radius 2 is 0.618 bits per heavy atom. The maximum Gasteiger partial charge on any atom is 0.160 e. The van der Waals surface area contributed by atoms with Crippen LogP contribution < -0.4 is 0 Å². The summed E-state index contributed by atoms with van der Waals surface area (Å²) < 4.78 is 17.7. The van der Waals surface area contributed by atoms with Gasteiger partial charge in [-0.2, -0.15) is 0 Å². The minimum Gasteiger partial charge on any atom is -0.456 e. The van der Waals surface area contributed by atoms with Gasteiger partial charge in [0.15, 0.2) is 5.82 Å². The van der Waals surface area contributed by atoms with Crippen LogP contribution in [0.4, 0.5) is 0 Å². The third-order valence-electron chi connectivity index (χ3n) is 15.3. The molecule has 0 aliphatic heterocycles. The molecule has 0 fully saturated rings. The number of fused-ring (bicyclic) bond motifs is 12. The second kappa shape index (κ2) is 16.6. The predicted octanol–water partition coefficient (Wildman–Crippen LogP) is 18.8. The van der Waals surface area contributed by atoms with Gasteiger partial charge in [-0.15, -0.1) is 0 Å². The normalized spacial score (nSPS) is 11.9. The minimum atomic E-state index is 0.611. The Balaban J connectivity index is 0.956. The van der Waals surface area contributed by atoms with Gasteiger partial charge in [0.2, 0.25) is 0 Å². The van der Waals surface area contributed by atoms with E-state index in [0.29, 0.717) is 5.82 Å². The fraction of sp³-hybridized carbons (Fsp3) is 0. The molecule has 76 heavy (non-hydrogen) atoms. The smallest absolute Gasteiger partial charge is 0.160 e. The first-order valence-corrected chi connectivity index (χ1v) is 25.7. The third kappa shape index (κ3) is 6.67. The topological polar surface area (TPSA) is 61.9 Å². The highest BCUT2D eigenvalue weighted by atomic mass is 16.3. The van der Waals surface area contributed by atoms with Crippen molar-refractivity contribution in [2.75, 3.05) is 0 Å². The van der Waals surface area contributed by atoms with Crippen LogP contribution in [-0.4, -0.2) is 19.1 Å². The summed E-state index contributed by atoms with van der Waals surface area (Å²) in [6.45, 7) is 0. The van der Waals surface area contributed by atoms with E-state index in [9.17, 15) is 0 Å². The number of aromatic nitrogens is 4. The van der Waals surface area contributed by atoms with E-state index in [1.54, 1.807) is 0 Å². The van der Waals surface area contributed by atoms with Gasteiger partial charge in [0.25, 0.3) is 0 Å². The number of furan rings is 2. The van der Waals surface area contributed by atoms with Crippen molar-refractivity contribution >= 4 is 87.5 Å². The largest absolute Gasteiger partial charge is 0.456 e. The van der Waals surface area contributed by atoms with Gasteiger partial charge in [0.1, 0.15) is 22.3 Å². The molecule has 0 aliphatic rings. The van der Waals surface area contributed by atoms with Crippen molar-refractivity contribution in [1.29, 1.82) is 0 Å². The van der Waals surface area contributed by atoms with Crippen LogP contribution in [0.3, 0.4) is 0 Å². The molecule has 0 bridgehead atoms. The molecule has 0 N–H and O–H groups in total. The van der Waals surface area contributed by atoms with Crippen LogP contribution >= 0.6 is 0 Å². The highest BCUT2D eigenvalue weighted by molar-refractivity contribution is 6.11. The van der Waals surface area contributed by atoms with Gasteiger partial charge in [-0.05, 0) is 125 Å². The molecular weight excluding hydrogens is 929 g/mol. The molecule has 0 amide bonds. The van der Waals surface area contributed by atoms with Gasteiger partial charge >= 0.3 is 0 Å². The monoisotopic (exact) mass is 970 g/mol. The van der Waals surface area contributed by atoms with E-state index in [1.807, 2.05) is 30.3 Å². The number of para-hydroxylation sites is 6. The van der Waals surface area contributed by atoms with E-state index in [4.69, 9.17) is 18.8 Å². The molecule has 0 aliphatic carbocycles. The quantitative estimate of drug-likeness (QED) is 0.160. The number of rotatable bonds is 7. The second-order valence-electron chi connectivity index (χ2n) is 19.7. The number of hydrogen-bond acceptors (Lipinski definition) is 4. The van der Waals surface area contributed by atoms with Gasteiger partial charge < -0.3 is 18.0 Å². The average Bonchev–Trinajstić information content (AvgIpc) is 4.25. The van der Waals surface area contributed by atoms with Crippen LogP contribution in [0.1, 0.15) is 0 Å². The highest BCUT2D eigenvalue weighted by Gasteiger charge is 2.21. The summed E-state index contributed by atoms with van der Waals surface area (Å²) in [5, 5.41) is 9.15. The lowest BCUT2D eigenvalue weighted by atomic mass is 9.93. The van der Waals surface area contributed by atoms with Crippen molar-refractivity contribution in [3.05, 3.63) is 255 Å². The fourth-order valence-corrected chi connectivity index (χ4v) is 11.8. The van der Waals surface area contributed by atoms with Gasteiger partial charge in [0, 0.05) is 71.2 Å². The molecule has 6 heteroatoms. The molecule has 0 unspecified atom stereocenters. The molecule has 0 radical (unpaired) electrons. The zero-order valence-corrected chi connectivity index (χ0v) is 40.9. The van der Waals surface area contributed by atoms with Crippen molar-refractivity contribution in [2.45, 2.75) is 0 Å². The van der Waals surface area contributed by atoms with E-state index < -0.39 is 0 Å². The van der Waals surface area contributed by atoms with Crippen LogP contribution in [0.2, 0.25) is 0 Å². The molecule has 5 aromatic heterocycles. The Hall–Kier alpha value is -10.3. The Kier molecular flexibility index (Phi) is 9.23. The first kappa shape index (κ1) is 42.2. The summed E-state index contributed by atoms with van der Waals surface area (Å²) in [6.07, 6.45) is 0. The minimum absolute atomic E-state index is 0.611. The first-order valence-electron chi connectivity index (χ1n) is 25.7. The molecule has 0 spiro atoms. The molecule has 6 nitrogen and oxygen atoms in total. The zero-order chi connectivity index (χ0) is 49.8. The van der Waals surface area contributed by atoms with Crippen molar-refractivity contribution in [3.8, 4) is 67.5 Å². The van der Waals surface area contributed by atoms with E-state index in [2.05, 4.69) is 234 Å². The van der Waals surface area contributed by atoms with Crippen molar-refractivity contribution < 1.29 is 8.83 Å². The summed E-state index contributed by atoms with van der Waals surface area (Å²) in [5.41, 5.74) is 18.5. The van der Waals surface area contributed by atoms with E-state index in [0.717, 1.165) is 128 Å². The molecule has 0 saturated heterocycles. The fourth-order valence-electron chi connectivity index (χ4n) is 11.8. The summed E-state index contributed by atoms with van der Waals surface area (Å²) in [6, 6.07) is 90.5. The average molecular weight is 971 g/mol. The van der Waals surface area contributed by atoms with Crippen LogP contribution in [0, 0.1) is 0 Å². The Morgan fingerprint density at radius 3 is 1.09 bits per heavy atom. The van der Waals surface area contributed by atoms with Crippen molar-refractivity contribution in [1.82, 2.24) is 19.1 Å².